The largest absolute Gasteiger partial charge is 0.467 e. The van der Waals surface area contributed by atoms with E-state index in [2.05, 4.69) is 11.7 Å². The van der Waals surface area contributed by atoms with Crippen molar-refractivity contribution < 1.29 is 14.3 Å². The molecular weight excluding hydrogens is 156 g/mol. The van der Waals surface area contributed by atoms with Crippen molar-refractivity contribution in [2.45, 2.75) is 39.2 Å². The summed E-state index contributed by atoms with van der Waals surface area (Å²) >= 11 is 0. The van der Waals surface area contributed by atoms with Crippen LogP contribution in [-0.2, 0) is 14.3 Å². The van der Waals surface area contributed by atoms with Crippen LogP contribution in [0, 0.1) is 0 Å². The predicted molar refractivity (Wildman–Crippen MR) is 47.0 cm³/mol. The number of rotatable bonds is 6. The van der Waals surface area contributed by atoms with E-state index in [-0.39, 0.29) is 12.1 Å². The fraction of sp³-hybridized carbons (Fsp3) is 0.889. The van der Waals surface area contributed by atoms with Gasteiger partial charge in [-0.05, 0) is 13.3 Å². The Balaban J connectivity index is 3.76. The topological polar surface area (TPSA) is 35.5 Å². The molecule has 1 unspecified atom stereocenters. The molecule has 0 aliphatic carbocycles. The molecule has 0 saturated carbocycles. The quantitative estimate of drug-likeness (QED) is 0.575. The summed E-state index contributed by atoms with van der Waals surface area (Å²) in [6.07, 6.45) is 2.47. The monoisotopic (exact) mass is 174 g/mol. The Morgan fingerprint density at radius 3 is 2.50 bits per heavy atom. The highest BCUT2D eigenvalue weighted by Gasteiger charge is 2.17. The summed E-state index contributed by atoms with van der Waals surface area (Å²) in [7, 11) is 1.39. The second kappa shape index (κ2) is 7.10. The minimum Gasteiger partial charge on any atom is -0.467 e. The van der Waals surface area contributed by atoms with Gasteiger partial charge < -0.3 is 9.47 Å². The summed E-state index contributed by atoms with van der Waals surface area (Å²) in [6.45, 7) is 4.52. The van der Waals surface area contributed by atoms with E-state index in [1.54, 1.807) is 0 Å². The van der Waals surface area contributed by atoms with E-state index in [4.69, 9.17) is 4.74 Å². The van der Waals surface area contributed by atoms with Crippen LogP contribution in [0.2, 0.25) is 0 Å². The average molecular weight is 174 g/mol. The lowest BCUT2D eigenvalue weighted by Crippen LogP contribution is -2.25. The lowest BCUT2D eigenvalue weighted by molar-refractivity contribution is -0.154. The van der Waals surface area contributed by atoms with Gasteiger partial charge in [0.1, 0.15) is 0 Å². The first-order chi connectivity index (χ1) is 5.76. The maximum Gasteiger partial charge on any atom is 0.334 e. The maximum absolute atomic E-state index is 11.1. The van der Waals surface area contributed by atoms with Crippen molar-refractivity contribution in [2.24, 2.45) is 0 Å². The van der Waals surface area contributed by atoms with Crippen LogP contribution in [0.4, 0.5) is 0 Å². The number of hydrogen-bond acceptors (Lipinski definition) is 3. The van der Waals surface area contributed by atoms with Gasteiger partial charge in [0.25, 0.3) is 0 Å². The molecule has 0 spiro atoms. The average Bonchev–Trinajstić information content (AvgIpc) is 2.11. The Labute approximate surface area is 74.0 Å². The third kappa shape index (κ3) is 4.34. The molecule has 0 aromatic carbocycles. The Morgan fingerprint density at radius 2 is 2.08 bits per heavy atom. The van der Waals surface area contributed by atoms with Gasteiger partial charge in [0.2, 0.25) is 0 Å². The third-order valence-electron chi connectivity index (χ3n) is 1.65. The normalized spacial score (nSPS) is 12.6. The number of unbranched alkanes of at least 4 members (excludes halogenated alkanes) is 1. The molecule has 0 aromatic rings. The Morgan fingerprint density at radius 1 is 1.42 bits per heavy atom. The zero-order valence-corrected chi connectivity index (χ0v) is 8.13. The number of ether oxygens (including phenoxy) is 2. The van der Waals surface area contributed by atoms with Gasteiger partial charge in [-0.1, -0.05) is 19.8 Å². The molecule has 0 heterocycles. The third-order valence-corrected chi connectivity index (χ3v) is 1.65. The number of esters is 1. The first-order valence-corrected chi connectivity index (χ1v) is 4.45. The molecule has 0 bridgehead atoms. The smallest absolute Gasteiger partial charge is 0.334 e. The Hall–Kier alpha value is -0.570. The van der Waals surface area contributed by atoms with Crippen molar-refractivity contribution >= 4 is 5.97 Å². The molecule has 0 saturated heterocycles. The number of hydrogen-bond donors (Lipinski definition) is 0. The molecule has 0 amide bonds. The summed E-state index contributed by atoms with van der Waals surface area (Å²) in [6, 6.07) is 0. The molecule has 0 aliphatic heterocycles. The number of carbonyl (C=O) groups is 1. The van der Waals surface area contributed by atoms with Crippen LogP contribution in [0.5, 0.6) is 0 Å². The van der Waals surface area contributed by atoms with Crippen molar-refractivity contribution in [3.8, 4) is 0 Å². The van der Waals surface area contributed by atoms with Gasteiger partial charge in [-0.25, -0.2) is 4.79 Å². The van der Waals surface area contributed by atoms with Gasteiger partial charge in [0, 0.05) is 6.61 Å². The van der Waals surface area contributed by atoms with Crippen molar-refractivity contribution in [3.63, 3.8) is 0 Å². The summed E-state index contributed by atoms with van der Waals surface area (Å²) < 4.78 is 9.82. The van der Waals surface area contributed by atoms with Crippen molar-refractivity contribution in [1.82, 2.24) is 0 Å². The SMILES string of the molecule is CCCCC(OCC)C(=O)OC. The van der Waals surface area contributed by atoms with Gasteiger partial charge in [-0.15, -0.1) is 0 Å². The van der Waals surface area contributed by atoms with Crippen LogP contribution >= 0.6 is 0 Å². The van der Waals surface area contributed by atoms with E-state index >= 15 is 0 Å². The summed E-state index contributed by atoms with van der Waals surface area (Å²) in [5.41, 5.74) is 0. The molecule has 72 valence electrons. The zero-order chi connectivity index (χ0) is 9.40. The minimum atomic E-state index is -0.361. The molecule has 0 aliphatic rings. The molecule has 12 heavy (non-hydrogen) atoms. The van der Waals surface area contributed by atoms with Gasteiger partial charge in [-0.3, -0.25) is 0 Å². The second-order valence-electron chi connectivity index (χ2n) is 2.61. The predicted octanol–water partition coefficient (Wildman–Crippen LogP) is 1.75. The minimum absolute atomic E-state index is 0.259. The highest BCUT2D eigenvalue weighted by Crippen LogP contribution is 2.06. The lowest BCUT2D eigenvalue weighted by atomic mass is 10.1. The van der Waals surface area contributed by atoms with Crippen LogP contribution in [0.25, 0.3) is 0 Å². The van der Waals surface area contributed by atoms with Gasteiger partial charge in [0.15, 0.2) is 6.10 Å². The standard InChI is InChI=1S/C9H18O3/c1-4-6-7-8(12-5-2)9(10)11-3/h8H,4-7H2,1-3H3. The van der Waals surface area contributed by atoms with E-state index in [0.717, 1.165) is 19.3 Å². The molecule has 3 nitrogen and oxygen atoms in total. The Kier molecular flexibility index (Phi) is 6.76. The fourth-order valence-electron chi connectivity index (χ4n) is 0.991. The van der Waals surface area contributed by atoms with Gasteiger partial charge in [-0.2, -0.15) is 0 Å². The zero-order valence-electron chi connectivity index (χ0n) is 8.13. The highest BCUT2D eigenvalue weighted by atomic mass is 16.6. The van der Waals surface area contributed by atoms with Crippen LogP contribution in [-0.4, -0.2) is 25.8 Å². The van der Waals surface area contributed by atoms with E-state index in [1.165, 1.54) is 7.11 Å². The molecule has 3 heteroatoms. The second-order valence-corrected chi connectivity index (χ2v) is 2.61. The van der Waals surface area contributed by atoms with Gasteiger partial charge in [0.05, 0.1) is 7.11 Å². The molecular formula is C9H18O3. The highest BCUT2D eigenvalue weighted by molar-refractivity contribution is 5.74. The molecule has 0 N–H and O–H groups in total. The van der Waals surface area contributed by atoms with Crippen LogP contribution in [0.15, 0.2) is 0 Å². The van der Waals surface area contributed by atoms with Gasteiger partial charge >= 0.3 is 5.97 Å². The van der Waals surface area contributed by atoms with E-state index in [1.807, 2.05) is 6.92 Å². The van der Waals surface area contributed by atoms with E-state index in [0.29, 0.717) is 6.61 Å². The molecule has 0 fully saturated rings. The van der Waals surface area contributed by atoms with E-state index in [9.17, 15) is 4.79 Å². The molecule has 0 rings (SSSR count). The maximum atomic E-state index is 11.1. The van der Waals surface area contributed by atoms with Crippen LogP contribution < -0.4 is 0 Å². The fourth-order valence-corrected chi connectivity index (χ4v) is 0.991. The van der Waals surface area contributed by atoms with Crippen LogP contribution in [0.1, 0.15) is 33.1 Å². The van der Waals surface area contributed by atoms with Crippen molar-refractivity contribution in [1.29, 1.82) is 0 Å². The molecule has 0 aromatic heterocycles. The summed E-state index contributed by atoms with van der Waals surface area (Å²) in [5.74, 6) is -0.259. The van der Waals surface area contributed by atoms with Crippen molar-refractivity contribution in [2.75, 3.05) is 13.7 Å². The number of methoxy groups -OCH3 is 1. The first-order valence-electron chi connectivity index (χ1n) is 4.45. The molecule has 1 atom stereocenters. The first kappa shape index (κ1) is 11.4. The molecule has 0 radical (unpaired) electrons. The van der Waals surface area contributed by atoms with E-state index < -0.39 is 0 Å². The summed E-state index contributed by atoms with van der Waals surface area (Å²) in [5, 5.41) is 0. The van der Waals surface area contributed by atoms with Crippen molar-refractivity contribution in [3.05, 3.63) is 0 Å². The number of carbonyl (C=O) groups excluding carboxylic acids is 1. The van der Waals surface area contributed by atoms with Crippen LogP contribution in [0.3, 0.4) is 0 Å². The summed E-state index contributed by atoms with van der Waals surface area (Å²) in [4.78, 5) is 11.1. The lowest BCUT2D eigenvalue weighted by Gasteiger charge is -2.13. The Bertz CT molecular complexity index is 123.